The van der Waals surface area contributed by atoms with Gasteiger partial charge in [0.25, 0.3) is 0 Å². The van der Waals surface area contributed by atoms with Crippen molar-refractivity contribution in [1.29, 1.82) is 0 Å². The van der Waals surface area contributed by atoms with E-state index in [-0.39, 0.29) is 16.8 Å². The Morgan fingerprint density at radius 3 is 2.59 bits per heavy atom. The number of nitrogens with one attached hydrogen (secondary N) is 1. The number of rotatable bonds is 3. The molecule has 2 aromatic carbocycles. The van der Waals surface area contributed by atoms with E-state index in [0.717, 1.165) is 21.7 Å². The van der Waals surface area contributed by atoms with Crippen LogP contribution in [0.25, 0.3) is 22.0 Å². The first-order valence-electron chi connectivity index (χ1n) is 8.86. The van der Waals surface area contributed by atoms with Crippen LogP contribution < -0.4 is 10.9 Å². The van der Waals surface area contributed by atoms with Crippen LogP contribution in [0.2, 0.25) is 0 Å². The van der Waals surface area contributed by atoms with Gasteiger partial charge in [0.2, 0.25) is 0 Å². The molecule has 2 aromatic heterocycles. The lowest BCUT2D eigenvalue weighted by atomic mass is 10.0. The third kappa shape index (κ3) is 2.90. The molecule has 0 aliphatic carbocycles. The number of para-hydroxylation sites is 1. The van der Waals surface area contributed by atoms with Gasteiger partial charge in [-0.25, -0.2) is 9.48 Å². The average Bonchev–Trinajstić information content (AvgIpc) is 3.27. The van der Waals surface area contributed by atoms with Gasteiger partial charge in [0.05, 0.1) is 10.4 Å². The molecule has 1 aliphatic rings. The molecule has 0 saturated heterocycles. The standard InChI is InChI=1S/C21H14N4O3S/c26-20-17(16-6-3-11-29-16)24-25-18(12-7-9-13(10-8-12)21(27)28)22-15-5-2-1-4-14(15)19(25)23-20/h1-11,18,22H,(H,27,28)/t18-/m0/s1. The maximum absolute atomic E-state index is 12.7. The number of aromatic nitrogens is 3. The molecular formula is C21H14N4O3S. The monoisotopic (exact) mass is 402 g/mol. The van der Waals surface area contributed by atoms with Crippen molar-refractivity contribution in [3.8, 4) is 22.0 Å². The molecule has 2 N–H and O–H groups in total. The van der Waals surface area contributed by atoms with Crippen molar-refractivity contribution in [1.82, 2.24) is 14.8 Å². The number of anilines is 1. The second-order valence-electron chi connectivity index (χ2n) is 6.53. The second kappa shape index (κ2) is 6.68. The van der Waals surface area contributed by atoms with Gasteiger partial charge < -0.3 is 10.4 Å². The minimum Gasteiger partial charge on any atom is -0.478 e. The predicted octanol–water partition coefficient (Wildman–Crippen LogP) is 3.70. The van der Waals surface area contributed by atoms with Crippen LogP contribution in [0.4, 0.5) is 5.69 Å². The van der Waals surface area contributed by atoms with Gasteiger partial charge in [-0.05, 0) is 41.3 Å². The molecule has 7 nitrogen and oxygen atoms in total. The molecule has 0 saturated carbocycles. The van der Waals surface area contributed by atoms with Crippen molar-refractivity contribution in [2.24, 2.45) is 0 Å². The maximum atomic E-state index is 12.7. The van der Waals surface area contributed by atoms with Crippen molar-refractivity contribution in [3.63, 3.8) is 0 Å². The summed E-state index contributed by atoms with van der Waals surface area (Å²) >= 11 is 1.43. The second-order valence-corrected chi connectivity index (χ2v) is 7.48. The zero-order valence-electron chi connectivity index (χ0n) is 14.9. The largest absolute Gasteiger partial charge is 0.478 e. The normalized spacial score (nSPS) is 14.6. The minimum atomic E-state index is -0.984. The van der Waals surface area contributed by atoms with Gasteiger partial charge in [-0.1, -0.05) is 30.3 Å². The lowest BCUT2D eigenvalue weighted by Gasteiger charge is -2.30. The number of aromatic carboxylic acids is 1. The van der Waals surface area contributed by atoms with E-state index in [2.05, 4.69) is 15.4 Å². The quantitative estimate of drug-likeness (QED) is 0.542. The highest BCUT2D eigenvalue weighted by Crippen LogP contribution is 2.36. The van der Waals surface area contributed by atoms with Crippen LogP contribution >= 0.6 is 11.3 Å². The van der Waals surface area contributed by atoms with Gasteiger partial charge in [-0.3, -0.25) is 4.79 Å². The van der Waals surface area contributed by atoms with Gasteiger partial charge in [-0.15, -0.1) is 11.3 Å². The Labute approximate surface area is 168 Å². The Morgan fingerprint density at radius 1 is 1.07 bits per heavy atom. The fourth-order valence-corrected chi connectivity index (χ4v) is 4.08. The number of fused-ring (bicyclic) bond motifs is 3. The number of carboxylic acid groups (broad SMARTS) is 1. The van der Waals surface area contributed by atoms with Crippen molar-refractivity contribution >= 4 is 23.0 Å². The summed E-state index contributed by atoms with van der Waals surface area (Å²) in [6.45, 7) is 0. The minimum absolute atomic E-state index is 0.204. The molecule has 0 fully saturated rings. The molecule has 0 bridgehead atoms. The number of carbonyl (C=O) groups is 1. The molecular weight excluding hydrogens is 388 g/mol. The summed E-state index contributed by atoms with van der Waals surface area (Å²) in [5.41, 5.74) is 2.54. The third-order valence-corrected chi connectivity index (χ3v) is 5.64. The molecule has 0 spiro atoms. The van der Waals surface area contributed by atoms with Crippen LogP contribution in [0.3, 0.4) is 0 Å². The van der Waals surface area contributed by atoms with Crippen LogP contribution in [0.1, 0.15) is 22.1 Å². The van der Waals surface area contributed by atoms with Crippen molar-refractivity contribution in [3.05, 3.63) is 87.5 Å². The van der Waals surface area contributed by atoms with E-state index >= 15 is 0 Å². The van der Waals surface area contributed by atoms with E-state index in [4.69, 9.17) is 5.11 Å². The van der Waals surface area contributed by atoms with Crippen LogP contribution in [-0.4, -0.2) is 25.8 Å². The summed E-state index contributed by atoms with van der Waals surface area (Å²) in [6, 6.07) is 17.9. The van der Waals surface area contributed by atoms with Crippen molar-refractivity contribution in [2.75, 3.05) is 5.32 Å². The van der Waals surface area contributed by atoms with E-state index < -0.39 is 12.1 Å². The highest BCUT2D eigenvalue weighted by atomic mass is 32.1. The number of carboxylic acids is 1. The summed E-state index contributed by atoms with van der Waals surface area (Å²) in [5.74, 6) is -0.515. The SMILES string of the molecule is O=C(O)c1ccc([C@H]2Nc3ccccc3-c3nc(=O)c(-c4cccs4)nn32)cc1. The fourth-order valence-electron chi connectivity index (χ4n) is 3.37. The lowest BCUT2D eigenvalue weighted by Crippen LogP contribution is -2.32. The molecule has 5 rings (SSSR count). The number of benzene rings is 2. The smallest absolute Gasteiger partial charge is 0.335 e. The Hall–Kier alpha value is -3.78. The van der Waals surface area contributed by atoms with Crippen molar-refractivity contribution in [2.45, 2.75) is 6.17 Å². The van der Waals surface area contributed by atoms with Crippen LogP contribution in [0, 0.1) is 0 Å². The van der Waals surface area contributed by atoms with E-state index in [0.29, 0.717) is 5.82 Å². The molecule has 0 radical (unpaired) electrons. The molecule has 3 heterocycles. The highest BCUT2D eigenvalue weighted by Gasteiger charge is 2.28. The summed E-state index contributed by atoms with van der Waals surface area (Å²) < 4.78 is 1.69. The van der Waals surface area contributed by atoms with Gasteiger partial charge in [0, 0.05) is 11.3 Å². The molecule has 1 atom stereocenters. The molecule has 0 unspecified atom stereocenters. The van der Waals surface area contributed by atoms with Gasteiger partial charge in [0.15, 0.2) is 11.5 Å². The zero-order valence-corrected chi connectivity index (χ0v) is 15.8. The number of nitrogens with zero attached hydrogens (tertiary/aromatic N) is 3. The molecule has 8 heteroatoms. The van der Waals surface area contributed by atoms with Crippen LogP contribution in [0.5, 0.6) is 0 Å². The van der Waals surface area contributed by atoms with Gasteiger partial charge >= 0.3 is 11.5 Å². The van der Waals surface area contributed by atoms with Crippen LogP contribution in [-0.2, 0) is 0 Å². The summed E-state index contributed by atoms with van der Waals surface area (Å²) in [4.78, 5) is 29.0. The first-order valence-corrected chi connectivity index (χ1v) is 9.74. The topological polar surface area (TPSA) is 97.1 Å². The molecule has 29 heavy (non-hydrogen) atoms. The molecule has 4 aromatic rings. The number of thiophene rings is 1. The fraction of sp³-hybridized carbons (Fsp3) is 0.0476. The summed E-state index contributed by atoms with van der Waals surface area (Å²) in [5, 5.41) is 19.1. The predicted molar refractivity (Wildman–Crippen MR) is 110 cm³/mol. The van der Waals surface area contributed by atoms with E-state index in [9.17, 15) is 9.59 Å². The maximum Gasteiger partial charge on any atom is 0.335 e. The zero-order chi connectivity index (χ0) is 20.0. The van der Waals surface area contributed by atoms with E-state index in [1.54, 1.807) is 28.9 Å². The molecule has 142 valence electrons. The first kappa shape index (κ1) is 17.3. The summed E-state index contributed by atoms with van der Waals surface area (Å²) in [7, 11) is 0. The van der Waals surface area contributed by atoms with E-state index in [1.807, 2.05) is 41.8 Å². The van der Waals surface area contributed by atoms with Crippen molar-refractivity contribution < 1.29 is 9.90 Å². The molecule has 0 amide bonds. The Morgan fingerprint density at radius 2 is 1.86 bits per heavy atom. The van der Waals surface area contributed by atoms with Crippen LogP contribution in [0.15, 0.2) is 70.8 Å². The number of hydrogen-bond donors (Lipinski definition) is 2. The Kier molecular flexibility index (Phi) is 3.99. The first-order chi connectivity index (χ1) is 14.1. The Bertz CT molecular complexity index is 1280. The highest BCUT2D eigenvalue weighted by molar-refractivity contribution is 7.13. The van der Waals surface area contributed by atoms with Gasteiger partial charge in [-0.2, -0.15) is 10.1 Å². The molecule has 1 aliphatic heterocycles. The summed E-state index contributed by atoms with van der Waals surface area (Å²) in [6.07, 6.45) is -0.436. The number of hydrogen-bond acceptors (Lipinski definition) is 6. The lowest BCUT2D eigenvalue weighted by molar-refractivity contribution is 0.0697. The third-order valence-electron chi connectivity index (χ3n) is 4.77. The Balaban J connectivity index is 1.72. The van der Waals surface area contributed by atoms with Gasteiger partial charge in [0.1, 0.15) is 6.17 Å². The van der Waals surface area contributed by atoms with E-state index in [1.165, 1.54) is 11.3 Å². The average molecular weight is 402 g/mol.